The van der Waals surface area contributed by atoms with E-state index in [0.717, 1.165) is 34.9 Å². The van der Waals surface area contributed by atoms with Crippen molar-refractivity contribution < 1.29 is 32.9 Å². The monoisotopic (exact) mass is 811 g/mol. The highest BCUT2D eigenvalue weighted by Crippen LogP contribution is 2.69. The Balaban J connectivity index is 1.18. The van der Waals surface area contributed by atoms with E-state index in [0.29, 0.717) is 24.3 Å². The second-order valence-electron chi connectivity index (χ2n) is 14.6. The molecular weight excluding hydrogens is 770 g/mol. The first-order valence-corrected chi connectivity index (χ1v) is 20.1. The quantitative estimate of drug-likeness (QED) is 0.0896. The van der Waals surface area contributed by atoms with Gasteiger partial charge in [0.15, 0.2) is 6.10 Å². The molecule has 1 aliphatic carbocycles. The van der Waals surface area contributed by atoms with Crippen LogP contribution in [0.1, 0.15) is 62.0 Å². The van der Waals surface area contributed by atoms with Crippen LogP contribution in [0.25, 0.3) is 0 Å². The molecule has 1 aromatic heterocycles. The molecule has 3 atom stereocenters. The van der Waals surface area contributed by atoms with E-state index in [1.807, 2.05) is 78.9 Å². The predicted molar refractivity (Wildman–Crippen MR) is 224 cm³/mol. The van der Waals surface area contributed by atoms with Gasteiger partial charge in [-0.2, -0.15) is 4.98 Å². The lowest BCUT2D eigenvalue weighted by atomic mass is 9.63. The van der Waals surface area contributed by atoms with Gasteiger partial charge in [-0.25, -0.2) is 18.8 Å². The Bertz CT molecular complexity index is 2420. The third-order valence-corrected chi connectivity index (χ3v) is 12.9. The highest BCUT2D eigenvalue weighted by Gasteiger charge is 2.69. The molecule has 2 fully saturated rings. The summed E-state index contributed by atoms with van der Waals surface area (Å²) in [6, 6.07) is 43.5. The average Bonchev–Trinajstić information content (AvgIpc) is 3.53. The summed E-state index contributed by atoms with van der Waals surface area (Å²) in [5.74, 6) is 0.197. The number of halogens is 1. The van der Waals surface area contributed by atoms with Gasteiger partial charge in [0.1, 0.15) is 29.5 Å². The minimum absolute atomic E-state index is 0.254. The molecule has 300 valence electrons. The van der Waals surface area contributed by atoms with E-state index in [1.165, 1.54) is 4.57 Å². The maximum absolute atomic E-state index is 17.7. The summed E-state index contributed by atoms with van der Waals surface area (Å²) in [7, 11) is 3.21. The maximum Gasteiger partial charge on any atom is 0.350 e. The number of carbonyl (C=O) groups is 2. The van der Waals surface area contributed by atoms with Crippen LogP contribution in [-0.4, -0.2) is 53.4 Å². The lowest BCUT2D eigenvalue weighted by Crippen LogP contribution is -2.52. The molecular formula is C47H42FN3O7S. The molecule has 59 heavy (non-hydrogen) atoms. The zero-order valence-corrected chi connectivity index (χ0v) is 33.3. The van der Waals surface area contributed by atoms with E-state index in [4.69, 9.17) is 18.9 Å². The van der Waals surface area contributed by atoms with Crippen LogP contribution in [0.3, 0.4) is 0 Å². The summed E-state index contributed by atoms with van der Waals surface area (Å²) in [5.41, 5.74) is 0.376. The number of hydrogen-bond donors (Lipinski definition) is 1. The van der Waals surface area contributed by atoms with Gasteiger partial charge in [-0.1, -0.05) is 109 Å². The van der Waals surface area contributed by atoms with Gasteiger partial charge in [0.05, 0.1) is 30.7 Å². The summed E-state index contributed by atoms with van der Waals surface area (Å²) >= 11 is 0.820. The Kier molecular flexibility index (Phi) is 11.0. The summed E-state index contributed by atoms with van der Waals surface area (Å²) in [5, 5.41) is 0.380. The average molecular weight is 812 g/mol. The Morgan fingerprint density at radius 1 is 0.746 bits per heavy atom. The number of anilines is 1. The van der Waals surface area contributed by atoms with Crippen LogP contribution in [0.2, 0.25) is 0 Å². The SMILES string of the molecule is COc1ccc(C(Nc2ccn([C@@H]3S[C@@](F)(COC(=O)c4ccccc4)[C@H](OC(=O)c4ccccc4)C34CCC4)c(=O)n2)(c2ccccc2)c2ccc(OC)cc2)cc1. The minimum Gasteiger partial charge on any atom is -0.497 e. The highest BCUT2D eigenvalue weighted by atomic mass is 32.2. The fourth-order valence-electron chi connectivity index (χ4n) is 8.18. The molecule has 0 amide bonds. The molecule has 12 heteroatoms. The zero-order valence-electron chi connectivity index (χ0n) is 32.5. The van der Waals surface area contributed by atoms with Crippen molar-refractivity contribution >= 4 is 29.5 Å². The van der Waals surface area contributed by atoms with Gasteiger partial charge in [-0.15, -0.1) is 0 Å². The number of esters is 2. The standard InChI is InChI=1S/C47H42FN3O7S/c1-55-37-23-19-35(20-24-37)47(34-17-10-5-11-18-34,36-21-25-38(56-2)26-22-36)50-39-27-30-51(44(54)49-39)43-45(28-12-29-45)42(58-41(53)33-15-8-4-9-16-33)46(48,59-43)31-57-40(52)32-13-6-3-7-14-32/h3-11,13-27,30,42-43H,12,28-29,31H2,1-2H3,(H,49,50,54)/t42-,43-,46+/m1/s1. The Morgan fingerprint density at radius 3 is 1.75 bits per heavy atom. The molecule has 5 aromatic carbocycles. The van der Waals surface area contributed by atoms with Crippen molar-refractivity contribution in [1.29, 1.82) is 0 Å². The van der Waals surface area contributed by atoms with Crippen molar-refractivity contribution in [2.75, 3.05) is 26.1 Å². The molecule has 0 bridgehead atoms. The maximum atomic E-state index is 17.7. The number of methoxy groups -OCH3 is 2. The van der Waals surface area contributed by atoms with Gasteiger partial charge in [0.2, 0.25) is 5.00 Å². The van der Waals surface area contributed by atoms with Crippen molar-refractivity contribution in [1.82, 2.24) is 9.55 Å². The van der Waals surface area contributed by atoms with Gasteiger partial charge < -0.3 is 24.3 Å². The number of benzene rings is 5. The van der Waals surface area contributed by atoms with Gasteiger partial charge >= 0.3 is 17.6 Å². The van der Waals surface area contributed by atoms with Crippen LogP contribution in [0.15, 0.2) is 157 Å². The fourth-order valence-corrected chi connectivity index (χ4v) is 9.95. The molecule has 1 saturated heterocycles. The van der Waals surface area contributed by atoms with Gasteiger partial charge in [-0.3, -0.25) is 4.57 Å². The molecule has 0 radical (unpaired) electrons. The lowest BCUT2D eigenvalue weighted by molar-refractivity contribution is -0.106. The molecule has 6 aromatic rings. The number of nitrogens with one attached hydrogen (secondary N) is 1. The second-order valence-corrected chi connectivity index (χ2v) is 16.0. The van der Waals surface area contributed by atoms with Crippen LogP contribution in [0, 0.1) is 5.41 Å². The zero-order chi connectivity index (χ0) is 41.0. The first kappa shape index (κ1) is 39.4. The first-order chi connectivity index (χ1) is 28.7. The van der Waals surface area contributed by atoms with Crippen molar-refractivity contribution in [3.05, 3.63) is 190 Å². The Hall–Kier alpha value is -6.40. The molecule has 8 rings (SSSR count). The number of ether oxygens (including phenoxy) is 4. The second kappa shape index (κ2) is 16.5. The van der Waals surface area contributed by atoms with Crippen LogP contribution >= 0.6 is 11.8 Å². The Labute approximate surface area is 345 Å². The molecule has 10 nitrogen and oxygen atoms in total. The number of aromatic nitrogens is 2. The fraction of sp³-hybridized carbons (Fsp3) is 0.234. The van der Waals surface area contributed by atoms with Gasteiger partial charge in [0, 0.05) is 11.6 Å². The van der Waals surface area contributed by atoms with Gasteiger partial charge in [-0.05, 0) is 84.1 Å². The van der Waals surface area contributed by atoms with E-state index < -0.39 is 51.7 Å². The number of rotatable bonds is 13. The minimum atomic E-state index is -2.40. The first-order valence-electron chi connectivity index (χ1n) is 19.3. The molecule has 1 spiro atoms. The number of hydrogen-bond acceptors (Lipinski definition) is 10. The normalized spacial score (nSPS) is 19.3. The van der Waals surface area contributed by atoms with Crippen molar-refractivity contribution in [3.8, 4) is 11.5 Å². The van der Waals surface area contributed by atoms with Crippen molar-refractivity contribution in [3.63, 3.8) is 0 Å². The van der Waals surface area contributed by atoms with Crippen LogP contribution in [0.5, 0.6) is 11.5 Å². The smallest absolute Gasteiger partial charge is 0.350 e. The van der Waals surface area contributed by atoms with E-state index in [-0.39, 0.29) is 16.9 Å². The summed E-state index contributed by atoms with van der Waals surface area (Å²) in [6.45, 7) is -0.707. The number of alkyl halides is 1. The predicted octanol–water partition coefficient (Wildman–Crippen LogP) is 8.83. The van der Waals surface area contributed by atoms with E-state index >= 15 is 4.39 Å². The largest absolute Gasteiger partial charge is 0.497 e. The number of nitrogens with zero attached hydrogens (tertiary/aromatic N) is 2. The van der Waals surface area contributed by atoms with Crippen LogP contribution in [-0.2, 0) is 15.0 Å². The molecule has 1 aliphatic heterocycles. The van der Waals surface area contributed by atoms with Crippen LogP contribution in [0.4, 0.5) is 10.2 Å². The molecule has 2 heterocycles. The highest BCUT2D eigenvalue weighted by molar-refractivity contribution is 8.00. The summed E-state index contributed by atoms with van der Waals surface area (Å²) in [6.07, 6.45) is 1.91. The van der Waals surface area contributed by atoms with Crippen molar-refractivity contribution in [2.24, 2.45) is 5.41 Å². The summed E-state index contributed by atoms with van der Waals surface area (Å²) in [4.78, 5) is 45.6. The van der Waals surface area contributed by atoms with E-state index in [9.17, 15) is 14.4 Å². The molecule has 1 saturated carbocycles. The van der Waals surface area contributed by atoms with E-state index in [2.05, 4.69) is 10.3 Å². The topological polar surface area (TPSA) is 118 Å². The number of thioether (sulfide) groups is 1. The third-order valence-electron chi connectivity index (χ3n) is 11.3. The third kappa shape index (κ3) is 7.44. The molecule has 0 unspecified atom stereocenters. The molecule has 2 aliphatic rings. The lowest BCUT2D eigenvalue weighted by Gasteiger charge is -2.46. The van der Waals surface area contributed by atoms with Crippen molar-refractivity contribution in [2.45, 2.75) is 41.3 Å². The van der Waals surface area contributed by atoms with E-state index in [1.54, 1.807) is 87.1 Å². The number of carbonyl (C=O) groups excluding carboxylic acids is 2. The molecule has 1 N–H and O–H groups in total. The van der Waals surface area contributed by atoms with Gasteiger partial charge in [0.25, 0.3) is 0 Å². The Morgan fingerprint density at radius 2 is 1.25 bits per heavy atom. The van der Waals surface area contributed by atoms with Crippen LogP contribution < -0.4 is 20.5 Å². The summed E-state index contributed by atoms with van der Waals surface area (Å²) < 4.78 is 41.8.